The second kappa shape index (κ2) is 6.72. The Balaban J connectivity index is 2.43. The van der Waals surface area contributed by atoms with Gasteiger partial charge in [-0.25, -0.2) is 4.79 Å². The molecule has 1 fully saturated rings. The predicted octanol–water partition coefficient (Wildman–Crippen LogP) is 1.14. The van der Waals surface area contributed by atoms with Crippen LogP contribution in [0.4, 0.5) is 18.0 Å². The van der Waals surface area contributed by atoms with Crippen molar-refractivity contribution in [1.29, 1.82) is 0 Å². The zero-order valence-corrected chi connectivity index (χ0v) is 12.7. The number of carbonyl (C=O) groups is 2. The molecule has 128 valence electrons. The van der Waals surface area contributed by atoms with Crippen molar-refractivity contribution < 1.29 is 32.6 Å². The number of ether oxygens (including phenoxy) is 1. The number of halogens is 3. The summed E-state index contributed by atoms with van der Waals surface area (Å²) in [6.07, 6.45) is -8.85. The van der Waals surface area contributed by atoms with Crippen molar-refractivity contribution in [1.82, 2.24) is 10.2 Å². The number of rotatable bonds is 4. The molecule has 1 rings (SSSR count). The normalized spacial score (nSPS) is 22.3. The fourth-order valence-electron chi connectivity index (χ4n) is 2.12. The van der Waals surface area contributed by atoms with Gasteiger partial charge in [0.25, 0.3) is 0 Å². The molecule has 0 aromatic carbocycles. The van der Waals surface area contributed by atoms with E-state index in [1.807, 2.05) is 26.1 Å². The van der Waals surface area contributed by atoms with Crippen LogP contribution in [0.25, 0.3) is 0 Å². The Morgan fingerprint density at radius 2 is 2.05 bits per heavy atom. The van der Waals surface area contributed by atoms with Gasteiger partial charge in [-0.15, -0.1) is 0 Å². The predicted molar refractivity (Wildman–Crippen MR) is 70.9 cm³/mol. The molecule has 2 N–H and O–H groups in total. The van der Waals surface area contributed by atoms with Crippen LogP contribution < -0.4 is 5.32 Å². The topological polar surface area (TPSA) is 78.9 Å². The van der Waals surface area contributed by atoms with Crippen molar-refractivity contribution >= 4 is 12.0 Å². The maximum atomic E-state index is 12.3. The van der Waals surface area contributed by atoms with E-state index in [0.29, 0.717) is 13.1 Å². The molecular weight excluding hydrogens is 305 g/mol. The molecule has 0 radical (unpaired) electrons. The molecule has 1 heterocycles. The van der Waals surface area contributed by atoms with Gasteiger partial charge in [-0.1, -0.05) is 20.8 Å². The van der Waals surface area contributed by atoms with E-state index in [1.165, 1.54) is 0 Å². The molecule has 2 unspecified atom stereocenters. The number of hydrogen-bond acceptors (Lipinski definition) is 4. The summed E-state index contributed by atoms with van der Waals surface area (Å²) in [6, 6.07) is 0. The van der Waals surface area contributed by atoms with Gasteiger partial charge in [-0.05, 0) is 11.3 Å². The molecule has 6 nitrogen and oxygen atoms in total. The average Bonchev–Trinajstić information content (AvgIpc) is 2.66. The quantitative estimate of drug-likeness (QED) is 0.812. The first kappa shape index (κ1) is 18.5. The van der Waals surface area contributed by atoms with E-state index >= 15 is 0 Å². The van der Waals surface area contributed by atoms with Crippen LogP contribution in [0.15, 0.2) is 0 Å². The van der Waals surface area contributed by atoms with Gasteiger partial charge < -0.3 is 20.1 Å². The van der Waals surface area contributed by atoms with Gasteiger partial charge in [0.05, 0.1) is 6.61 Å². The molecular formula is C13H21F3N2O4. The number of alkyl halides is 3. The van der Waals surface area contributed by atoms with Crippen molar-refractivity contribution in [2.75, 3.05) is 26.2 Å². The smallest absolute Gasteiger partial charge is 0.427 e. The second-order valence-electron chi connectivity index (χ2n) is 6.14. The van der Waals surface area contributed by atoms with Crippen molar-refractivity contribution in [3.8, 4) is 0 Å². The number of aliphatic hydroxyl groups is 1. The standard InChI is InChI=1S/C13H21F3N2O4/c1-8-5-18(7-12(8,2)3)10(20)4-17-11(21)22-9(6-19)13(14,15)16/h8-9,19H,4-7H2,1-3H3,(H,17,21). The minimum atomic E-state index is -4.86. The van der Waals surface area contributed by atoms with Crippen LogP contribution in [-0.4, -0.2) is 60.5 Å². The zero-order chi connectivity index (χ0) is 17.1. The minimum Gasteiger partial charge on any atom is -0.434 e. The van der Waals surface area contributed by atoms with Gasteiger partial charge in [0.1, 0.15) is 6.54 Å². The molecule has 0 bridgehead atoms. The molecule has 0 aromatic heterocycles. The molecule has 0 spiro atoms. The van der Waals surface area contributed by atoms with Crippen LogP contribution in [0, 0.1) is 11.3 Å². The molecule has 22 heavy (non-hydrogen) atoms. The molecule has 1 aliphatic rings. The number of nitrogens with zero attached hydrogens (tertiary/aromatic N) is 1. The summed E-state index contributed by atoms with van der Waals surface area (Å²) < 4.78 is 41.0. The van der Waals surface area contributed by atoms with Gasteiger partial charge in [0.2, 0.25) is 12.0 Å². The Labute approximate surface area is 126 Å². The number of likely N-dealkylation sites (tertiary alicyclic amines) is 1. The van der Waals surface area contributed by atoms with Crippen LogP contribution in [-0.2, 0) is 9.53 Å². The number of aliphatic hydroxyl groups excluding tert-OH is 1. The van der Waals surface area contributed by atoms with Crippen LogP contribution in [0.2, 0.25) is 0 Å². The molecule has 0 saturated carbocycles. The van der Waals surface area contributed by atoms with Crippen LogP contribution in [0.5, 0.6) is 0 Å². The summed E-state index contributed by atoms with van der Waals surface area (Å²) in [5.41, 5.74) is -0.0472. The van der Waals surface area contributed by atoms with Crippen LogP contribution in [0.3, 0.4) is 0 Å². The third-order valence-corrected chi connectivity index (χ3v) is 3.94. The second-order valence-corrected chi connectivity index (χ2v) is 6.14. The lowest BCUT2D eigenvalue weighted by atomic mass is 9.84. The lowest BCUT2D eigenvalue weighted by Gasteiger charge is -2.22. The third kappa shape index (κ3) is 4.75. The molecule has 0 aliphatic carbocycles. The van der Waals surface area contributed by atoms with Gasteiger partial charge in [-0.2, -0.15) is 13.2 Å². The fourth-order valence-corrected chi connectivity index (χ4v) is 2.12. The maximum Gasteiger partial charge on any atom is 0.427 e. The lowest BCUT2D eigenvalue weighted by Crippen LogP contribution is -2.43. The summed E-state index contributed by atoms with van der Waals surface area (Å²) in [6.45, 7) is 5.27. The number of nitrogens with one attached hydrogen (secondary N) is 1. The average molecular weight is 326 g/mol. The van der Waals surface area contributed by atoms with Gasteiger partial charge in [-0.3, -0.25) is 4.79 Å². The Morgan fingerprint density at radius 1 is 1.45 bits per heavy atom. The first-order valence-corrected chi connectivity index (χ1v) is 6.87. The highest BCUT2D eigenvalue weighted by molar-refractivity contribution is 5.82. The first-order valence-electron chi connectivity index (χ1n) is 6.87. The van der Waals surface area contributed by atoms with Crippen LogP contribution in [0.1, 0.15) is 20.8 Å². The highest BCUT2D eigenvalue weighted by Crippen LogP contribution is 2.34. The Bertz CT molecular complexity index is 426. The Morgan fingerprint density at radius 3 is 2.45 bits per heavy atom. The number of carbonyl (C=O) groups excluding carboxylic acids is 2. The molecule has 1 aliphatic heterocycles. The number of hydrogen-bond donors (Lipinski definition) is 2. The van der Waals surface area contributed by atoms with E-state index in [9.17, 15) is 22.8 Å². The fraction of sp³-hybridized carbons (Fsp3) is 0.846. The summed E-state index contributed by atoms with van der Waals surface area (Å²) in [5, 5.41) is 10.5. The SMILES string of the molecule is CC1CN(C(=O)CNC(=O)OC(CO)C(F)(F)F)CC1(C)C. The van der Waals surface area contributed by atoms with Crippen molar-refractivity contribution in [3.63, 3.8) is 0 Å². The minimum absolute atomic E-state index is 0.0472. The van der Waals surface area contributed by atoms with Crippen molar-refractivity contribution in [2.45, 2.75) is 33.1 Å². The molecule has 9 heteroatoms. The van der Waals surface area contributed by atoms with Gasteiger partial charge >= 0.3 is 12.3 Å². The number of alkyl carbamates (subject to hydrolysis) is 1. The monoisotopic (exact) mass is 326 g/mol. The van der Waals surface area contributed by atoms with Crippen molar-refractivity contribution in [2.24, 2.45) is 11.3 Å². The maximum absolute atomic E-state index is 12.3. The Kier molecular flexibility index (Phi) is 5.66. The highest BCUT2D eigenvalue weighted by atomic mass is 19.4. The van der Waals surface area contributed by atoms with Crippen molar-refractivity contribution in [3.05, 3.63) is 0 Å². The van der Waals surface area contributed by atoms with E-state index in [4.69, 9.17) is 5.11 Å². The summed E-state index contributed by atoms with van der Waals surface area (Å²) in [7, 11) is 0. The zero-order valence-electron chi connectivity index (χ0n) is 12.7. The largest absolute Gasteiger partial charge is 0.434 e. The molecule has 0 aromatic rings. The van der Waals surface area contributed by atoms with Gasteiger partial charge in [0.15, 0.2) is 0 Å². The number of amides is 2. The molecule has 2 amide bonds. The summed E-state index contributed by atoms with van der Waals surface area (Å²) in [5.74, 6) is -0.102. The third-order valence-electron chi connectivity index (χ3n) is 3.94. The van der Waals surface area contributed by atoms with E-state index in [1.54, 1.807) is 4.90 Å². The Hall–Kier alpha value is -1.51. The summed E-state index contributed by atoms with van der Waals surface area (Å²) >= 11 is 0. The van der Waals surface area contributed by atoms with Gasteiger partial charge in [0, 0.05) is 13.1 Å². The first-order chi connectivity index (χ1) is 9.97. The lowest BCUT2D eigenvalue weighted by molar-refractivity contribution is -0.212. The molecule has 2 atom stereocenters. The van der Waals surface area contributed by atoms with E-state index in [2.05, 4.69) is 4.74 Å². The molecule has 1 saturated heterocycles. The van der Waals surface area contributed by atoms with E-state index in [0.717, 1.165) is 0 Å². The summed E-state index contributed by atoms with van der Waals surface area (Å²) in [4.78, 5) is 24.7. The highest BCUT2D eigenvalue weighted by Gasteiger charge is 2.43. The van der Waals surface area contributed by atoms with Crippen LogP contribution >= 0.6 is 0 Å². The van der Waals surface area contributed by atoms with E-state index in [-0.39, 0.29) is 17.2 Å². The van der Waals surface area contributed by atoms with E-state index < -0.39 is 31.5 Å².